The molecule has 1 amide bonds. The van der Waals surface area contributed by atoms with Crippen molar-refractivity contribution >= 4 is 11.9 Å². The van der Waals surface area contributed by atoms with Gasteiger partial charge in [0, 0.05) is 6.42 Å². The van der Waals surface area contributed by atoms with E-state index in [4.69, 9.17) is 9.84 Å². The Balaban J connectivity index is 1.70. The number of likely N-dealkylation sites (tertiary alicyclic amines) is 1. The predicted octanol–water partition coefficient (Wildman–Crippen LogP) is 0.0782. The molecule has 2 aliphatic heterocycles. The Morgan fingerprint density at radius 1 is 1.37 bits per heavy atom. The molecule has 6 nitrogen and oxygen atoms in total. The number of rotatable bonds is 5. The molecule has 2 heterocycles. The summed E-state index contributed by atoms with van der Waals surface area (Å²) < 4.78 is 5.29. The molecule has 2 aliphatic rings. The van der Waals surface area contributed by atoms with Gasteiger partial charge in [-0.25, -0.2) is 4.79 Å². The molecule has 2 rings (SSSR count). The Morgan fingerprint density at radius 3 is 2.58 bits per heavy atom. The van der Waals surface area contributed by atoms with E-state index >= 15 is 0 Å². The van der Waals surface area contributed by atoms with Crippen LogP contribution in [0.15, 0.2) is 0 Å². The number of nitrogens with zero attached hydrogens (tertiary/aromatic N) is 1. The average Bonchev–Trinajstić information content (AvgIpc) is 2.34. The number of carboxylic acid groups (broad SMARTS) is 1. The number of amides is 1. The highest BCUT2D eigenvalue weighted by Crippen LogP contribution is 2.27. The summed E-state index contributed by atoms with van der Waals surface area (Å²) in [6.07, 6.45) is 2.73. The number of carboxylic acids is 1. The minimum Gasteiger partial charge on any atom is -0.480 e. The van der Waals surface area contributed by atoms with Crippen molar-refractivity contribution in [2.45, 2.75) is 31.8 Å². The van der Waals surface area contributed by atoms with Crippen LogP contribution in [0, 0.1) is 5.92 Å². The topological polar surface area (TPSA) is 78.9 Å². The van der Waals surface area contributed by atoms with Crippen molar-refractivity contribution in [1.29, 1.82) is 0 Å². The highest BCUT2D eigenvalue weighted by Gasteiger charge is 2.42. The Kier molecular flexibility index (Phi) is 4.42. The number of nitrogens with one attached hydrogen (secondary N) is 1. The lowest BCUT2D eigenvalue weighted by atomic mass is 9.91. The molecule has 0 unspecified atom stereocenters. The molecule has 0 aromatic carbocycles. The van der Waals surface area contributed by atoms with E-state index in [9.17, 15) is 9.59 Å². The van der Waals surface area contributed by atoms with Crippen LogP contribution in [0.1, 0.15) is 26.2 Å². The minimum atomic E-state index is -0.972. The lowest BCUT2D eigenvalue weighted by Crippen LogP contribution is -2.63. The zero-order valence-electron chi connectivity index (χ0n) is 11.4. The van der Waals surface area contributed by atoms with E-state index in [0.29, 0.717) is 25.4 Å². The van der Waals surface area contributed by atoms with E-state index in [0.717, 1.165) is 25.9 Å². The Morgan fingerprint density at radius 2 is 2.00 bits per heavy atom. The van der Waals surface area contributed by atoms with Gasteiger partial charge in [-0.1, -0.05) is 0 Å². The highest BCUT2D eigenvalue weighted by atomic mass is 16.5. The summed E-state index contributed by atoms with van der Waals surface area (Å²) in [4.78, 5) is 24.3. The second-order valence-corrected chi connectivity index (χ2v) is 5.78. The first-order chi connectivity index (χ1) is 8.98. The minimum absolute atomic E-state index is 0.170. The molecule has 0 aromatic rings. The Labute approximate surface area is 113 Å². The molecule has 0 bridgehead atoms. The van der Waals surface area contributed by atoms with Crippen molar-refractivity contribution in [2.24, 2.45) is 5.92 Å². The quantitative estimate of drug-likeness (QED) is 0.739. The molecule has 0 aromatic heterocycles. The monoisotopic (exact) mass is 270 g/mol. The molecule has 2 saturated heterocycles. The van der Waals surface area contributed by atoms with Crippen LogP contribution in [0.4, 0.5) is 0 Å². The maximum Gasteiger partial charge on any atom is 0.329 e. The van der Waals surface area contributed by atoms with Crippen LogP contribution in [0.5, 0.6) is 0 Å². The third-order valence-electron chi connectivity index (χ3n) is 3.87. The van der Waals surface area contributed by atoms with Crippen LogP contribution in [-0.4, -0.2) is 60.3 Å². The van der Waals surface area contributed by atoms with E-state index < -0.39 is 11.6 Å². The van der Waals surface area contributed by atoms with Crippen molar-refractivity contribution < 1.29 is 19.4 Å². The number of aliphatic carboxylic acids is 1. The van der Waals surface area contributed by atoms with Gasteiger partial charge < -0.3 is 20.1 Å². The number of hydrogen-bond acceptors (Lipinski definition) is 4. The molecule has 2 N–H and O–H groups in total. The second-order valence-electron chi connectivity index (χ2n) is 5.78. The smallest absolute Gasteiger partial charge is 0.329 e. The molecule has 0 saturated carbocycles. The SMILES string of the molecule is CC1(OCC(=O)O)CN(C(=O)CC2CCNCC2)C1. The molecule has 19 heavy (non-hydrogen) atoms. The molecule has 0 atom stereocenters. The third kappa shape index (κ3) is 3.91. The summed E-state index contributed by atoms with van der Waals surface area (Å²) in [6, 6.07) is 0. The maximum atomic E-state index is 12.1. The van der Waals surface area contributed by atoms with Gasteiger partial charge in [-0.3, -0.25) is 4.79 Å². The molecule has 6 heteroatoms. The van der Waals surface area contributed by atoms with E-state index in [2.05, 4.69) is 5.32 Å². The van der Waals surface area contributed by atoms with Gasteiger partial charge in [-0.05, 0) is 38.8 Å². The molecule has 0 radical (unpaired) electrons. The van der Waals surface area contributed by atoms with E-state index in [1.54, 1.807) is 4.90 Å². The zero-order chi connectivity index (χ0) is 13.9. The van der Waals surface area contributed by atoms with Crippen LogP contribution in [-0.2, 0) is 14.3 Å². The number of carbonyl (C=O) groups is 2. The summed E-state index contributed by atoms with van der Waals surface area (Å²) in [7, 11) is 0. The average molecular weight is 270 g/mol. The van der Waals surface area contributed by atoms with Crippen molar-refractivity contribution in [3.05, 3.63) is 0 Å². The van der Waals surface area contributed by atoms with Crippen molar-refractivity contribution in [1.82, 2.24) is 10.2 Å². The molecule has 0 spiro atoms. The number of piperidine rings is 1. The zero-order valence-corrected chi connectivity index (χ0v) is 11.4. The fourth-order valence-electron chi connectivity index (χ4n) is 2.73. The summed E-state index contributed by atoms with van der Waals surface area (Å²) in [5.41, 5.74) is -0.484. The van der Waals surface area contributed by atoms with Crippen LogP contribution < -0.4 is 5.32 Å². The predicted molar refractivity (Wildman–Crippen MR) is 68.8 cm³/mol. The van der Waals surface area contributed by atoms with Gasteiger partial charge in [0.25, 0.3) is 0 Å². The van der Waals surface area contributed by atoms with Gasteiger partial charge in [-0.2, -0.15) is 0 Å². The third-order valence-corrected chi connectivity index (χ3v) is 3.87. The number of hydrogen-bond donors (Lipinski definition) is 2. The van der Waals surface area contributed by atoms with Gasteiger partial charge in [0.2, 0.25) is 5.91 Å². The summed E-state index contributed by atoms with van der Waals surface area (Å²) >= 11 is 0. The van der Waals surface area contributed by atoms with Crippen LogP contribution in [0.25, 0.3) is 0 Å². The fraction of sp³-hybridized carbons (Fsp3) is 0.846. The number of carbonyl (C=O) groups excluding carboxylic acids is 1. The van der Waals surface area contributed by atoms with Crippen molar-refractivity contribution in [2.75, 3.05) is 32.8 Å². The number of ether oxygens (including phenoxy) is 1. The summed E-state index contributed by atoms with van der Waals surface area (Å²) in [5.74, 6) is -0.315. The normalized spacial score (nSPS) is 22.9. The van der Waals surface area contributed by atoms with Crippen LogP contribution >= 0.6 is 0 Å². The Bertz CT molecular complexity index is 347. The highest BCUT2D eigenvalue weighted by molar-refractivity contribution is 5.77. The first-order valence-corrected chi connectivity index (χ1v) is 6.83. The Hall–Kier alpha value is -1.14. The van der Waals surface area contributed by atoms with Crippen molar-refractivity contribution in [3.63, 3.8) is 0 Å². The largest absolute Gasteiger partial charge is 0.480 e. The van der Waals surface area contributed by atoms with Crippen LogP contribution in [0.2, 0.25) is 0 Å². The standard InChI is InChI=1S/C13H22N2O4/c1-13(19-7-12(17)18)8-15(9-13)11(16)6-10-2-4-14-5-3-10/h10,14H,2-9H2,1H3,(H,17,18). The molecule has 2 fully saturated rings. The van der Waals surface area contributed by atoms with E-state index in [-0.39, 0.29) is 12.5 Å². The maximum absolute atomic E-state index is 12.1. The fourth-order valence-corrected chi connectivity index (χ4v) is 2.73. The van der Waals surface area contributed by atoms with Crippen LogP contribution in [0.3, 0.4) is 0 Å². The van der Waals surface area contributed by atoms with Gasteiger partial charge >= 0.3 is 5.97 Å². The van der Waals surface area contributed by atoms with Crippen molar-refractivity contribution in [3.8, 4) is 0 Å². The molecular formula is C13H22N2O4. The molecular weight excluding hydrogens is 248 g/mol. The summed E-state index contributed by atoms with van der Waals surface area (Å²) in [6.45, 7) is 4.56. The lowest BCUT2D eigenvalue weighted by molar-refractivity contribution is -0.173. The van der Waals surface area contributed by atoms with Gasteiger partial charge in [0.05, 0.1) is 13.1 Å². The second kappa shape index (κ2) is 5.88. The first kappa shape index (κ1) is 14.3. The van der Waals surface area contributed by atoms with E-state index in [1.165, 1.54) is 0 Å². The van der Waals surface area contributed by atoms with Gasteiger partial charge in [-0.15, -0.1) is 0 Å². The molecule has 108 valence electrons. The lowest BCUT2D eigenvalue weighted by Gasteiger charge is -2.47. The van der Waals surface area contributed by atoms with Gasteiger partial charge in [0.1, 0.15) is 12.2 Å². The van der Waals surface area contributed by atoms with E-state index in [1.807, 2.05) is 6.92 Å². The van der Waals surface area contributed by atoms with Gasteiger partial charge in [0.15, 0.2) is 0 Å². The molecule has 0 aliphatic carbocycles. The summed E-state index contributed by atoms with van der Waals surface area (Å²) in [5, 5.41) is 11.9. The first-order valence-electron chi connectivity index (χ1n) is 6.83.